The summed E-state index contributed by atoms with van der Waals surface area (Å²) in [6.45, 7) is 0.0485. The number of anilines is 1. The van der Waals surface area contributed by atoms with Crippen LogP contribution in [0.5, 0.6) is 0 Å². The predicted octanol–water partition coefficient (Wildman–Crippen LogP) is 2.67. The Morgan fingerprint density at radius 3 is 2.60 bits per heavy atom. The van der Waals surface area contributed by atoms with E-state index in [2.05, 4.69) is 10.6 Å². The van der Waals surface area contributed by atoms with Crippen molar-refractivity contribution in [2.45, 2.75) is 6.54 Å². The van der Waals surface area contributed by atoms with Crippen molar-refractivity contribution in [2.75, 3.05) is 5.32 Å². The van der Waals surface area contributed by atoms with E-state index >= 15 is 0 Å². The summed E-state index contributed by atoms with van der Waals surface area (Å²) in [6, 6.07) is 15.3. The molecule has 124 valence electrons. The summed E-state index contributed by atoms with van der Waals surface area (Å²) in [5.41, 5.74) is 0.557. The van der Waals surface area contributed by atoms with Gasteiger partial charge in [0.05, 0.1) is 24.1 Å². The highest BCUT2D eigenvalue weighted by atomic mass is 16.4. The second-order valence-corrected chi connectivity index (χ2v) is 5.04. The number of amides is 2. The smallest absolute Gasteiger partial charge is 0.313 e. The van der Waals surface area contributed by atoms with E-state index < -0.39 is 11.8 Å². The third-order valence-corrected chi connectivity index (χ3v) is 3.35. The molecule has 7 heteroatoms. The molecule has 7 nitrogen and oxygen atoms in total. The van der Waals surface area contributed by atoms with E-state index in [-0.39, 0.29) is 17.8 Å². The number of carbonyl (C=O) groups is 2. The molecule has 2 heterocycles. The largest absolute Gasteiger partial charge is 0.461 e. The third-order valence-electron chi connectivity index (χ3n) is 3.35. The molecule has 0 bridgehead atoms. The summed E-state index contributed by atoms with van der Waals surface area (Å²) in [7, 11) is 0. The van der Waals surface area contributed by atoms with Gasteiger partial charge in [0, 0.05) is 0 Å². The van der Waals surface area contributed by atoms with Crippen molar-refractivity contribution in [3.05, 3.63) is 66.1 Å². The number of furan rings is 2. The summed E-state index contributed by atoms with van der Waals surface area (Å²) >= 11 is 0. The van der Waals surface area contributed by atoms with Gasteiger partial charge in [0.2, 0.25) is 0 Å². The van der Waals surface area contributed by atoms with Gasteiger partial charge in [-0.3, -0.25) is 9.59 Å². The van der Waals surface area contributed by atoms with Crippen LogP contribution in [0.2, 0.25) is 0 Å². The van der Waals surface area contributed by atoms with E-state index in [9.17, 15) is 9.59 Å². The molecule has 2 N–H and O–H groups in total. The van der Waals surface area contributed by atoms with Gasteiger partial charge in [0.1, 0.15) is 11.8 Å². The van der Waals surface area contributed by atoms with Gasteiger partial charge in [-0.2, -0.15) is 5.26 Å². The zero-order chi connectivity index (χ0) is 17.6. The molecule has 0 spiro atoms. The first-order valence-corrected chi connectivity index (χ1v) is 7.38. The van der Waals surface area contributed by atoms with Crippen molar-refractivity contribution in [1.82, 2.24) is 5.32 Å². The zero-order valence-electron chi connectivity index (χ0n) is 13.0. The zero-order valence-corrected chi connectivity index (χ0v) is 13.0. The van der Waals surface area contributed by atoms with E-state index in [0.29, 0.717) is 17.3 Å². The minimum Gasteiger partial charge on any atom is -0.461 e. The van der Waals surface area contributed by atoms with Gasteiger partial charge in [-0.25, -0.2) is 0 Å². The molecule has 0 atom stereocenters. The molecule has 0 radical (unpaired) electrons. The van der Waals surface area contributed by atoms with E-state index in [1.807, 2.05) is 6.07 Å². The number of hydrogen-bond acceptors (Lipinski definition) is 5. The fourth-order valence-corrected chi connectivity index (χ4v) is 2.14. The SMILES string of the molecule is N#Cc1ccccc1NC(=O)C(=O)NCc1ccc(-c2ccco2)o1. The summed E-state index contributed by atoms with van der Waals surface area (Å²) in [5.74, 6) is -0.112. The number of nitriles is 1. The fraction of sp³-hybridized carbons (Fsp3) is 0.0556. The number of nitrogens with one attached hydrogen (secondary N) is 2. The predicted molar refractivity (Wildman–Crippen MR) is 88.0 cm³/mol. The van der Waals surface area contributed by atoms with Gasteiger partial charge in [0.15, 0.2) is 11.5 Å². The molecule has 2 amide bonds. The van der Waals surface area contributed by atoms with Gasteiger partial charge in [-0.15, -0.1) is 0 Å². The highest BCUT2D eigenvalue weighted by Crippen LogP contribution is 2.22. The average molecular weight is 335 g/mol. The Morgan fingerprint density at radius 1 is 1.00 bits per heavy atom. The number of rotatable bonds is 4. The molecule has 3 rings (SSSR count). The first-order valence-electron chi connectivity index (χ1n) is 7.38. The lowest BCUT2D eigenvalue weighted by atomic mass is 10.2. The molecule has 0 saturated heterocycles. The maximum Gasteiger partial charge on any atom is 0.313 e. The second-order valence-electron chi connectivity index (χ2n) is 5.04. The number of nitrogens with zero attached hydrogens (tertiary/aromatic N) is 1. The molecular weight excluding hydrogens is 322 g/mol. The number of carbonyl (C=O) groups excluding carboxylic acids is 2. The molecule has 0 aliphatic carbocycles. The van der Waals surface area contributed by atoms with Gasteiger partial charge < -0.3 is 19.5 Å². The first-order chi connectivity index (χ1) is 12.2. The van der Waals surface area contributed by atoms with Gasteiger partial charge in [-0.05, 0) is 36.4 Å². The minimum atomic E-state index is -0.861. The van der Waals surface area contributed by atoms with Crippen LogP contribution >= 0.6 is 0 Å². The minimum absolute atomic E-state index is 0.0485. The van der Waals surface area contributed by atoms with E-state index in [1.165, 1.54) is 6.26 Å². The highest BCUT2D eigenvalue weighted by Gasteiger charge is 2.16. The Bertz CT molecular complexity index is 935. The topological polar surface area (TPSA) is 108 Å². The van der Waals surface area contributed by atoms with Crippen LogP contribution < -0.4 is 10.6 Å². The molecule has 2 aromatic heterocycles. The standard InChI is InChI=1S/C18H13N3O4/c19-10-12-4-1-2-5-14(12)21-18(23)17(22)20-11-13-7-8-16(25-13)15-6-3-9-24-15/h1-9H,11H2,(H,20,22)(H,21,23). The molecule has 25 heavy (non-hydrogen) atoms. The maximum absolute atomic E-state index is 11.9. The molecule has 1 aromatic carbocycles. The lowest BCUT2D eigenvalue weighted by molar-refractivity contribution is -0.136. The van der Waals surface area contributed by atoms with Crippen molar-refractivity contribution in [3.63, 3.8) is 0 Å². The molecule has 0 fully saturated rings. The highest BCUT2D eigenvalue weighted by molar-refractivity contribution is 6.39. The first kappa shape index (κ1) is 16.1. The summed E-state index contributed by atoms with van der Waals surface area (Å²) in [4.78, 5) is 23.8. The van der Waals surface area contributed by atoms with Crippen molar-refractivity contribution in [3.8, 4) is 17.6 Å². The average Bonchev–Trinajstić information content (AvgIpc) is 3.31. The van der Waals surface area contributed by atoms with Crippen molar-refractivity contribution >= 4 is 17.5 Å². The fourth-order valence-electron chi connectivity index (χ4n) is 2.14. The lowest BCUT2D eigenvalue weighted by Gasteiger charge is -2.06. The van der Waals surface area contributed by atoms with Crippen LogP contribution in [0.4, 0.5) is 5.69 Å². The normalized spacial score (nSPS) is 10.0. The van der Waals surface area contributed by atoms with Crippen LogP contribution in [0.15, 0.2) is 63.6 Å². The Kier molecular flexibility index (Phi) is 4.62. The molecule has 3 aromatic rings. The second kappa shape index (κ2) is 7.19. The van der Waals surface area contributed by atoms with Gasteiger partial charge in [-0.1, -0.05) is 12.1 Å². The molecule has 0 saturated carbocycles. The molecule has 0 aliphatic heterocycles. The number of hydrogen-bond donors (Lipinski definition) is 2. The molecular formula is C18H13N3O4. The van der Waals surface area contributed by atoms with Crippen molar-refractivity contribution in [2.24, 2.45) is 0 Å². The Labute approximate surface area is 142 Å². The summed E-state index contributed by atoms with van der Waals surface area (Å²) in [5, 5.41) is 13.8. The van der Waals surface area contributed by atoms with Crippen LogP contribution in [0, 0.1) is 11.3 Å². The number of benzene rings is 1. The van der Waals surface area contributed by atoms with Crippen molar-refractivity contribution in [1.29, 1.82) is 5.26 Å². The molecule has 0 aliphatic rings. The van der Waals surface area contributed by atoms with Crippen LogP contribution in [-0.4, -0.2) is 11.8 Å². The van der Waals surface area contributed by atoms with Crippen LogP contribution in [-0.2, 0) is 16.1 Å². The Balaban J connectivity index is 1.57. The quantitative estimate of drug-likeness (QED) is 0.713. The monoisotopic (exact) mass is 335 g/mol. The maximum atomic E-state index is 11.9. The van der Waals surface area contributed by atoms with Crippen LogP contribution in [0.3, 0.4) is 0 Å². The van der Waals surface area contributed by atoms with Crippen molar-refractivity contribution < 1.29 is 18.4 Å². The lowest BCUT2D eigenvalue weighted by Crippen LogP contribution is -2.35. The van der Waals surface area contributed by atoms with Crippen LogP contribution in [0.1, 0.15) is 11.3 Å². The Hall–Kier alpha value is -3.79. The van der Waals surface area contributed by atoms with E-state index in [1.54, 1.807) is 48.5 Å². The third kappa shape index (κ3) is 3.76. The molecule has 0 unspecified atom stereocenters. The summed E-state index contributed by atoms with van der Waals surface area (Å²) < 4.78 is 10.7. The van der Waals surface area contributed by atoms with Gasteiger partial charge >= 0.3 is 11.8 Å². The van der Waals surface area contributed by atoms with Gasteiger partial charge in [0.25, 0.3) is 0 Å². The number of para-hydroxylation sites is 1. The summed E-state index contributed by atoms with van der Waals surface area (Å²) in [6.07, 6.45) is 1.53. The van der Waals surface area contributed by atoms with E-state index in [4.69, 9.17) is 14.1 Å². The Morgan fingerprint density at radius 2 is 1.84 bits per heavy atom. The van der Waals surface area contributed by atoms with Crippen LogP contribution in [0.25, 0.3) is 11.5 Å². The van der Waals surface area contributed by atoms with E-state index in [0.717, 1.165) is 0 Å².